The average Bonchev–Trinajstić information content (AvgIpc) is 2.35. The number of anilines is 1. The van der Waals surface area contributed by atoms with Crippen LogP contribution in [0.5, 0.6) is 0 Å². The third-order valence-corrected chi connectivity index (χ3v) is 2.73. The number of carbonyl (C=O) groups is 1. The summed E-state index contributed by atoms with van der Waals surface area (Å²) in [5.74, 6) is -2.13. The monoisotopic (exact) mass is 286 g/mol. The fraction of sp³-hybridized carbons (Fsp3) is 0.500. The minimum atomic E-state index is -0.799. The van der Waals surface area contributed by atoms with E-state index in [0.717, 1.165) is 18.6 Å². The Labute approximate surface area is 117 Å². The molecule has 0 bridgehead atoms. The minimum absolute atomic E-state index is 0.0785. The standard InChI is InChI=1S/C14H20F2N2O2/c1-4-5-17-13-11(15)6-10(7-12(13)16)14(20)18(3)8-9(2)19/h6-7,9,17,19H,4-5,8H2,1-3H3. The molecule has 4 nitrogen and oxygen atoms in total. The van der Waals surface area contributed by atoms with Crippen molar-refractivity contribution in [1.29, 1.82) is 0 Å². The van der Waals surface area contributed by atoms with Crippen LogP contribution in [-0.2, 0) is 0 Å². The van der Waals surface area contributed by atoms with Crippen LogP contribution >= 0.6 is 0 Å². The predicted octanol–water partition coefficient (Wildman–Crippen LogP) is 2.24. The zero-order chi connectivity index (χ0) is 15.3. The van der Waals surface area contributed by atoms with Gasteiger partial charge in [0.05, 0.1) is 6.10 Å². The fourth-order valence-corrected chi connectivity index (χ4v) is 1.82. The number of hydrogen-bond acceptors (Lipinski definition) is 3. The van der Waals surface area contributed by atoms with E-state index in [9.17, 15) is 18.7 Å². The van der Waals surface area contributed by atoms with Crippen molar-refractivity contribution >= 4 is 11.6 Å². The normalized spacial score (nSPS) is 12.1. The van der Waals surface area contributed by atoms with Crippen LogP contribution in [-0.4, -0.2) is 42.2 Å². The van der Waals surface area contributed by atoms with E-state index in [0.29, 0.717) is 6.54 Å². The highest BCUT2D eigenvalue weighted by atomic mass is 19.1. The van der Waals surface area contributed by atoms with Crippen molar-refractivity contribution in [2.24, 2.45) is 0 Å². The minimum Gasteiger partial charge on any atom is -0.392 e. The first-order valence-electron chi connectivity index (χ1n) is 6.53. The average molecular weight is 286 g/mol. The van der Waals surface area contributed by atoms with Crippen molar-refractivity contribution in [3.63, 3.8) is 0 Å². The second-order valence-electron chi connectivity index (χ2n) is 4.78. The molecule has 0 spiro atoms. The second kappa shape index (κ2) is 7.19. The van der Waals surface area contributed by atoms with Crippen molar-refractivity contribution in [2.45, 2.75) is 26.4 Å². The van der Waals surface area contributed by atoms with Crippen LogP contribution in [0.2, 0.25) is 0 Å². The van der Waals surface area contributed by atoms with Gasteiger partial charge in [0.25, 0.3) is 5.91 Å². The summed E-state index contributed by atoms with van der Waals surface area (Å²) in [7, 11) is 1.47. The van der Waals surface area contributed by atoms with Crippen LogP contribution < -0.4 is 5.32 Å². The molecule has 0 radical (unpaired) electrons. The molecule has 1 rings (SSSR count). The SMILES string of the molecule is CCCNc1c(F)cc(C(=O)N(C)CC(C)O)cc1F. The van der Waals surface area contributed by atoms with E-state index in [-0.39, 0.29) is 17.8 Å². The molecule has 0 aromatic heterocycles. The molecule has 1 aromatic carbocycles. The smallest absolute Gasteiger partial charge is 0.253 e. The van der Waals surface area contributed by atoms with Gasteiger partial charge in [0.15, 0.2) is 0 Å². The highest BCUT2D eigenvalue weighted by Gasteiger charge is 2.18. The molecule has 1 atom stereocenters. The van der Waals surface area contributed by atoms with Crippen molar-refractivity contribution in [3.8, 4) is 0 Å². The topological polar surface area (TPSA) is 52.6 Å². The second-order valence-corrected chi connectivity index (χ2v) is 4.78. The molecule has 112 valence electrons. The Morgan fingerprint density at radius 1 is 1.40 bits per heavy atom. The van der Waals surface area contributed by atoms with E-state index in [4.69, 9.17) is 0 Å². The number of likely N-dealkylation sites (N-methyl/N-ethyl adjacent to an activating group) is 1. The summed E-state index contributed by atoms with van der Waals surface area (Å²) in [6.45, 7) is 3.95. The number of amides is 1. The summed E-state index contributed by atoms with van der Waals surface area (Å²) < 4.78 is 27.6. The summed E-state index contributed by atoms with van der Waals surface area (Å²) in [6, 6.07) is 2.00. The zero-order valence-electron chi connectivity index (χ0n) is 11.9. The number of carbonyl (C=O) groups excluding carboxylic acids is 1. The molecule has 0 heterocycles. The molecule has 0 aliphatic carbocycles. The molecule has 1 amide bonds. The van der Waals surface area contributed by atoms with E-state index in [2.05, 4.69) is 5.32 Å². The van der Waals surface area contributed by atoms with Crippen LogP contribution in [0.1, 0.15) is 30.6 Å². The third kappa shape index (κ3) is 4.16. The number of benzene rings is 1. The number of nitrogens with one attached hydrogen (secondary N) is 1. The lowest BCUT2D eigenvalue weighted by molar-refractivity contribution is 0.0703. The van der Waals surface area contributed by atoms with Crippen LogP contribution in [0.15, 0.2) is 12.1 Å². The van der Waals surface area contributed by atoms with Gasteiger partial charge in [0.1, 0.15) is 17.3 Å². The lowest BCUT2D eigenvalue weighted by Crippen LogP contribution is -2.33. The molecule has 0 saturated heterocycles. The van der Waals surface area contributed by atoms with Crippen LogP contribution in [0.3, 0.4) is 0 Å². The van der Waals surface area contributed by atoms with Gasteiger partial charge in [0.2, 0.25) is 0 Å². The molecule has 0 fully saturated rings. The highest BCUT2D eigenvalue weighted by molar-refractivity contribution is 5.94. The van der Waals surface area contributed by atoms with Gasteiger partial charge < -0.3 is 15.3 Å². The van der Waals surface area contributed by atoms with E-state index in [1.807, 2.05) is 6.92 Å². The first-order chi connectivity index (χ1) is 9.36. The first kappa shape index (κ1) is 16.4. The molecule has 0 aliphatic heterocycles. The Bertz CT molecular complexity index is 455. The molecule has 6 heteroatoms. The highest BCUT2D eigenvalue weighted by Crippen LogP contribution is 2.21. The number of nitrogens with zero attached hydrogens (tertiary/aromatic N) is 1. The first-order valence-corrected chi connectivity index (χ1v) is 6.53. The Kier molecular flexibility index (Phi) is 5.88. The summed E-state index contributed by atoms with van der Waals surface area (Å²) in [5.41, 5.74) is -0.299. The molecular formula is C14H20F2N2O2. The van der Waals surface area contributed by atoms with Crippen molar-refractivity contribution < 1.29 is 18.7 Å². The molecular weight excluding hydrogens is 266 g/mol. The number of hydrogen-bond donors (Lipinski definition) is 2. The zero-order valence-corrected chi connectivity index (χ0v) is 11.9. The van der Waals surface area contributed by atoms with Gasteiger partial charge in [-0.2, -0.15) is 0 Å². The van der Waals surface area contributed by atoms with Gasteiger partial charge in [-0.3, -0.25) is 4.79 Å². The molecule has 20 heavy (non-hydrogen) atoms. The van der Waals surface area contributed by atoms with Crippen molar-refractivity contribution in [1.82, 2.24) is 4.90 Å². The van der Waals surface area contributed by atoms with Crippen molar-refractivity contribution in [2.75, 3.05) is 25.5 Å². The van der Waals surface area contributed by atoms with Gasteiger partial charge in [0, 0.05) is 25.7 Å². The number of aliphatic hydroxyl groups excluding tert-OH is 1. The molecule has 1 unspecified atom stereocenters. The number of rotatable bonds is 6. The maximum atomic E-state index is 13.8. The van der Waals surface area contributed by atoms with Crippen LogP contribution in [0, 0.1) is 11.6 Å². The number of aliphatic hydroxyl groups is 1. The summed E-state index contributed by atoms with van der Waals surface area (Å²) >= 11 is 0. The summed E-state index contributed by atoms with van der Waals surface area (Å²) in [6.07, 6.45) is 0.0283. The molecule has 0 aliphatic rings. The summed E-state index contributed by atoms with van der Waals surface area (Å²) in [4.78, 5) is 13.2. The quantitative estimate of drug-likeness (QED) is 0.843. The van der Waals surface area contributed by atoms with E-state index in [1.54, 1.807) is 0 Å². The number of halogens is 2. The lowest BCUT2D eigenvalue weighted by Gasteiger charge is -2.19. The summed E-state index contributed by atoms with van der Waals surface area (Å²) in [5, 5.41) is 11.9. The van der Waals surface area contributed by atoms with Gasteiger partial charge in [-0.15, -0.1) is 0 Å². The maximum Gasteiger partial charge on any atom is 0.253 e. The van der Waals surface area contributed by atoms with Gasteiger partial charge >= 0.3 is 0 Å². The maximum absolute atomic E-state index is 13.8. The van der Waals surface area contributed by atoms with E-state index in [1.165, 1.54) is 18.9 Å². The Morgan fingerprint density at radius 3 is 2.40 bits per heavy atom. The third-order valence-electron chi connectivity index (χ3n) is 2.73. The van der Waals surface area contributed by atoms with Crippen molar-refractivity contribution in [3.05, 3.63) is 29.3 Å². The van der Waals surface area contributed by atoms with E-state index >= 15 is 0 Å². The molecule has 0 saturated carbocycles. The van der Waals surface area contributed by atoms with Crippen LogP contribution in [0.4, 0.5) is 14.5 Å². The Morgan fingerprint density at radius 2 is 1.95 bits per heavy atom. The molecule has 1 aromatic rings. The van der Waals surface area contributed by atoms with Gasteiger partial charge in [-0.1, -0.05) is 6.92 Å². The fourth-order valence-electron chi connectivity index (χ4n) is 1.82. The Hall–Kier alpha value is -1.69. The molecule has 2 N–H and O–H groups in total. The lowest BCUT2D eigenvalue weighted by atomic mass is 10.1. The largest absolute Gasteiger partial charge is 0.392 e. The van der Waals surface area contributed by atoms with Gasteiger partial charge in [-0.05, 0) is 25.5 Å². The Balaban J connectivity index is 2.95. The predicted molar refractivity (Wildman–Crippen MR) is 73.8 cm³/mol. The van der Waals surface area contributed by atoms with Crippen LogP contribution in [0.25, 0.3) is 0 Å². The van der Waals surface area contributed by atoms with Gasteiger partial charge in [-0.25, -0.2) is 8.78 Å². The van der Waals surface area contributed by atoms with E-state index < -0.39 is 23.6 Å².